The lowest BCUT2D eigenvalue weighted by Crippen LogP contribution is -1.94. The maximum Gasteiger partial charge on any atom is 0.0645 e. The summed E-state index contributed by atoms with van der Waals surface area (Å²) in [4.78, 5) is 0. The van der Waals surface area contributed by atoms with Crippen molar-refractivity contribution in [2.45, 2.75) is 0 Å². The van der Waals surface area contributed by atoms with Crippen LogP contribution in [-0.2, 0) is 0 Å². The number of fused-ring (bicyclic) bond motifs is 12. The zero-order chi connectivity index (χ0) is 48.9. The van der Waals surface area contributed by atoms with Crippen LogP contribution in [0.3, 0.4) is 0 Å². The molecule has 12 rings (SSSR count). The van der Waals surface area contributed by atoms with Crippen LogP contribution in [0.4, 0.5) is 0 Å². The Labute approximate surface area is 343 Å². The molecule has 2 aromatic heterocycles. The first kappa shape index (κ1) is 20.3. The summed E-state index contributed by atoms with van der Waals surface area (Å²) in [6.07, 6.45) is 0. The van der Waals surface area contributed by atoms with Crippen molar-refractivity contribution >= 4 is 75.9 Å². The Balaban J connectivity index is 1.21. The minimum absolute atomic E-state index is 0.0466. The molecule has 12 aromatic rings. The highest BCUT2D eigenvalue weighted by Gasteiger charge is 2.17. The van der Waals surface area contributed by atoms with Crippen molar-refractivity contribution in [2.75, 3.05) is 0 Å². The van der Waals surface area contributed by atoms with Crippen molar-refractivity contribution in [2.24, 2.45) is 0 Å². The summed E-state index contributed by atoms with van der Waals surface area (Å²) in [5.74, 6) is 0. The molecule has 56 heavy (non-hydrogen) atoms. The van der Waals surface area contributed by atoms with Gasteiger partial charge >= 0.3 is 0 Å². The van der Waals surface area contributed by atoms with Gasteiger partial charge in [0.25, 0.3) is 0 Å². The largest absolute Gasteiger partial charge is 0.309 e. The van der Waals surface area contributed by atoms with Crippen LogP contribution in [0.1, 0.15) is 19.2 Å². The Morgan fingerprint density at radius 1 is 0.286 bits per heavy atom. The van der Waals surface area contributed by atoms with Crippen molar-refractivity contribution in [3.8, 4) is 33.6 Å². The molecule has 2 nitrogen and oxygen atoms in total. The Morgan fingerprint density at radius 3 is 1.34 bits per heavy atom. The second kappa shape index (κ2) is 12.0. The molecule has 2 heteroatoms. The highest BCUT2D eigenvalue weighted by Crippen LogP contribution is 2.41. The fraction of sp³-hybridized carbons (Fsp3) is 0. The molecule has 0 aliphatic heterocycles. The number of para-hydroxylation sites is 2. The predicted octanol–water partition coefficient (Wildman–Crippen LogP) is 14.7. The van der Waals surface area contributed by atoms with Gasteiger partial charge in [0.05, 0.1) is 41.3 Å². The number of hydrogen-bond acceptors (Lipinski definition) is 0. The highest BCUT2D eigenvalue weighted by atomic mass is 15.0. The van der Waals surface area contributed by atoms with Gasteiger partial charge in [-0.1, -0.05) is 145 Å². The number of benzene rings is 10. The normalized spacial score (nSPS) is 15.4. The first-order valence-corrected chi connectivity index (χ1v) is 18.2. The van der Waals surface area contributed by atoms with Crippen molar-refractivity contribution in [3.05, 3.63) is 206 Å². The molecule has 0 spiro atoms. The van der Waals surface area contributed by atoms with Gasteiger partial charge in [0, 0.05) is 32.9 Å². The van der Waals surface area contributed by atoms with Crippen molar-refractivity contribution in [1.29, 1.82) is 0 Å². The van der Waals surface area contributed by atoms with Gasteiger partial charge in [-0.2, -0.15) is 0 Å². The monoisotopic (exact) mass is 724 g/mol. The number of rotatable bonds is 4. The summed E-state index contributed by atoms with van der Waals surface area (Å²) in [7, 11) is 0. The molecule has 0 fully saturated rings. The summed E-state index contributed by atoms with van der Waals surface area (Å²) < 4.78 is 134. The third-order valence-corrected chi connectivity index (χ3v) is 10.8. The minimum Gasteiger partial charge on any atom is -0.309 e. The number of aromatic nitrogens is 2. The molecule has 0 atom stereocenters. The van der Waals surface area contributed by atoms with E-state index in [1.54, 1.807) is 24.3 Å². The van der Waals surface area contributed by atoms with Gasteiger partial charge < -0.3 is 9.13 Å². The minimum atomic E-state index is -0.615. The van der Waals surface area contributed by atoms with Gasteiger partial charge in [-0.05, 0) is 115 Å². The average molecular weight is 725 g/mol. The van der Waals surface area contributed by atoms with Crippen LogP contribution in [0.2, 0.25) is 0 Å². The molecule has 260 valence electrons. The predicted molar refractivity (Wildman–Crippen MR) is 239 cm³/mol. The van der Waals surface area contributed by atoms with Crippen LogP contribution in [0.5, 0.6) is 0 Å². The maximum atomic E-state index is 9.99. The topological polar surface area (TPSA) is 9.86 Å². The van der Waals surface area contributed by atoms with Gasteiger partial charge in [0.2, 0.25) is 0 Å². The summed E-state index contributed by atoms with van der Waals surface area (Å²) >= 11 is 0. The van der Waals surface area contributed by atoms with E-state index in [0.29, 0.717) is 11.4 Å². The highest BCUT2D eigenvalue weighted by molar-refractivity contribution is 6.25. The first-order valence-electron chi connectivity index (χ1n) is 25.2. The smallest absolute Gasteiger partial charge is 0.0645 e. The van der Waals surface area contributed by atoms with Gasteiger partial charge in [-0.15, -0.1) is 0 Å². The van der Waals surface area contributed by atoms with E-state index in [1.807, 2.05) is 91.0 Å². The zero-order valence-electron chi connectivity index (χ0n) is 43.4. The Bertz CT molecular complexity index is 4310. The van der Waals surface area contributed by atoms with Crippen LogP contribution in [-0.4, -0.2) is 9.13 Å². The second-order valence-electron chi connectivity index (χ2n) is 13.8. The first-order chi connectivity index (χ1) is 33.6. The van der Waals surface area contributed by atoms with Crippen LogP contribution < -0.4 is 0 Å². The van der Waals surface area contributed by atoms with Gasteiger partial charge in [0.1, 0.15) is 0 Å². The van der Waals surface area contributed by atoms with E-state index in [0.717, 1.165) is 43.4 Å². The van der Waals surface area contributed by atoms with Crippen LogP contribution in [0, 0.1) is 0 Å². The van der Waals surface area contributed by atoms with Crippen molar-refractivity contribution in [1.82, 2.24) is 9.13 Å². The lowest BCUT2D eigenvalue weighted by atomic mass is 9.94. The lowest BCUT2D eigenvalue weighted by molar-refractivity contribution is 1.18. The van der Waals surface area contributed by atoms with Gasteiger partial charge in [-0.25, -0.2) is 0 Å². The third-order valence-electron chi connectivity index (χ3n) is 10.8. The average Bonchev–Trinajstić information content (AvgIpc) is 3.94. The van der Waals surface area contributed by atoms with Crippen LogP contribution in [0.25, 0.3) is 110 Å². The van der Waals surface area contributed by atoms with E-state index in [-0.39, 0.29) is 43.6 Å². The van der Waals surface area contributed by atoms with Crippen LogP contribution >= 0.6 is 0 Å². The number of hydrogen-bond donors (Lipinski definition) is 0. The molecular formula is C54H34N2. The molecule has 0 amide bonds. The quantitative estimate of drug-likeness (QED) is 0.160. The summed E-state index contributed by atoms with van der Waals surface area (Å²) in [5.41, 5.74) is 1.32. The van der Waals surface area contributed by atoms with E-state index in [4.69, 9.17) is 5.48 Å². The Morgan fingerprint density at radius 2 is 0.750 bits per heavy atom. The van der Waals surface area contributed by atoms with Crippen molar-refractivity contribution in [3.63, 3.8) is 0 Å². The Kier molecular flexibility index (Phi) is 4.37. The van der Waals surface area contributed by atoms with E-state index < -0.39 is 95.7 Å². The summed E-state index contributed by atoms with van der Waals surface area (Å²) in [6.45, 7) is 0. The fourth-order valence-electron chi connectivity index (χ4n) is 8.29. The third kappa shape index (κ3) is 4.57. The summed E-state index contributed by atoms with van der Waals surface area (Å²) in [5, 5.41) is 5.18. The van der Waals surface area contributed by atoms with E-state index in [9.17, 15) is 13.7 Å². The molecule has 0 saturated carbocycles. The van der Waals surface area contributed by atoms with E-state index >= 15 is 0 Å². The standard InChI is InChI=1S/C54H34N2/c1-2-13-35(14-3-1)36-15-12-16-39(31-36)55-51-23-10-8-21-46(51)49-32-37(25-29-53(49)55)38-26-30-54-50(33-38)47-22-9-11-24-52(47)56(54)40-27-28-45-43-19-5-4-17-41(43)42-18-6-7-20-44(42)48(45)34-40/h1-34H/i8D,9D,10D,11D,21D,22D,23D,24D,25D,26D,29D,30D,32D,33D. The van der Waals surface area contributed by atoms with Crippen LogP contribution in [0.15, 0.2) is 206 Å². The van der Waals surface area contributed by atoms with E-state index in [2.05, 4.69) is 6.07 Å². The Hall–Kier alpha value is -7.42. The molecule has 2 heterocycles. The number of nitrogens with zero attached hydrogens (tertiary/aromatic N) is 2. The molecule has 0 aliphatic rings. The molecule has 0 saturated heterocycles. The zero-order valence-corrected chi connectivity index (χ0v) is 29.4. The summed E-state index contributed by atoms with van der Waals surface area (Å²) in [6, 6.07) is 30.6. The lowest BCUT2D eigenvalue weighted by Gasteiger charge is -2.14. The molecule has 0 radical (unpaired) electrons. The molecular weight excluding hydrogens is 677 g/mol. The molecule has 0 aliphatic carbocycles. The van der Waals surface area contributed by atoms with Crippen molar-refractivity contribution < 1.29 is 19.2 Å². The molecule has 0 unspecified atom stereocenters. The molecule has 0 bridgehead atoms. The maximum absolute atomic E-state index is 9.99. The van der Waals surface area contributed by atoms with E-state index in [1.165, 1.54) is 9.13 Å². The SMILES string of the molecule is [2H]c1c([2H])c([2H])c2c(c1[2H])c1c([2H])c(-c3c([2H])c([2H])c4c(c3[2H])c3c([2H])c([2H])c([2H])c([2H])c3n4-c3ccc4c5ccccc5c5ccccc5c4c3)c([2H])c([2H])c1n2-c1cccc(-c2ccccc2)c1. The van der Waals surface area contributed by atoms with Gasteiger partial charge in [0.15, 0.2) is 0 Å². The molecule has 10 aromatic carbocycles. The fourth-order valence-corrected chi connectivity index (χ4v) is 8.29. The van der Waals surface area contributed by atoms with Gasteiger partial charge in [-0.3, -0.25) is 0 Å². The second-order valence-corrected chi connectivity index (χ2v) is 13.8. The molecule has 0 N–H and O–H groups in total.